The lowest BCUT2D eigenvalue weighted by atomic mass is 10.1. The van der Waals surface area contributed by atoms with Crippen molar-refractivity contribution in [2.24, 2.45) is 12.2 Å². The Labute approximate surface area is 103 Å². The molecule has 2 rings (SSSR count). The van der Waals surface area contributed by atoms with Crippen molar-refractivity contribution in [2.75, 3.05) is 0 Å². The fourth-order valence-corrected chi connectivity index (χ4v) is 2.20. The van der Waals surface area contributed by atoms with Crippen LogP contribution in [0.5, 0.6) is 0 Å². The Bertz CT molecular complexity index is 681. The zero-order valence-electron chi connectivity index (χ0n) is 9.54. The second-order valence-electron chi connectivity index (χ2n) is 3.77. The minimum atomic E-state index is -3.92. The highest BCUT2D eigenvalue weighted by Crippen LogP contribution is 2.13. The van der Waals surface area contributed by atoms with E-state index < -0.39 is 10.0 Å². The normalized spacial score (nSPS) is 11.7. The lowest BCUT2D eigenvalue weighted by Gasteiger charge is -2.03. The SMILES string of the molecule is Cn1c(Cc2ccccc2F)nnc1S(N)(=O)=O. The van der Waals surface area contributed by atoms with Crippen LogP contribution in [0.3, 0.4) is 0 Å². The maximum atomic E-state index is 13.4. The highest BCUT2D eigenvalue weighted by Gasteiger charge is 2.19. The molecule has 0 spiro atoms. The number of primary sulfonamides is 1. The molecule has 8 heteroatoms. The minimum absolute atomic E-state index is 0.145. The van der Waals surface area contributed by atoms with E-state index in [-0.39, 0.29) is 17.4 Å². The van der Waals surface area contributed by atoms with Crippen LogP contribution >= 0.6 is 0 Å². The van der Waals surface area contributed by atoms with Gasteiger partial charge in [-0.15, -0.1) is 10.2 Å². The van der Waals surface area contributed by atoms with Crippen molar-refractivity contribution in [3.05, 3.63) is 41.5 Å². The summed E-state index contributed by atoms with van der Waals surface area (Å²) < 4.78 is 37.0. The molecule has 0 aliphatic rings. The fourth-order valence-electron chi connectivity index (χ4n) is 1.56. The third-order valence-corrected chi connectivity index (χ3v) is 3.35. The Morgan fingerprint density at radius 3 is 2.56 bits per heavy atom. The van der Waals surface area contributed by atoms with Gasteiger partial charge in [-0.25, -0.2) is 17.9 Å². The lowest BCUT2D eigenvalue weighted by Crippen LogP contribution is -2.17. The van der Waals surface area contributed by atoms with Crippen molar-refractivity contribution in [1.29, 1.82) is 0 Å². The van der Waals surface area contributed by atoms with E-state index in [0.717, 1.165) is 0 Å². The molecule has 0 radical (unpaired) electrons. The van der Waals surface area contributed by atoms with Gasteiger partial charge >= 0.3 is 0 Å². The van der Waals surface area contributed by atoms with Crippen molar-refractivity contribution in [3.8, 4) is 0 Å². The first-order valence-electron chi connectivity index (χ1n) is 5.04. The van der Waals surface area contributed by atoms with E-state index in [0.29, 0.717) is 11.4 Å². The molecular weight excluding hydrogens is 259 g/mol. The van der Waals surface area contributed by atoms with Gasteiger partial charge < -0.3 is 4.57 Å². The van der Waals surface area contributed by atoms with Crippen LogP contribution in [0, 0.1) is 5.82 Å². The first kappa shape index (κ1) is 12.7. The predicted molar refractivity (Wildman–Crippen MR) is 61.6 cm³/mol. The molecule has 1 heterocycles. The number of hydrogen-bond acceptors (Lipinski definition) is 4. The third kappa shape index (κ3) is 2.39. The van der Waals surface area contributed by atoms with Crippen LogP contribution in [0.2, 0.25) is 0 Å². The number of hydrogen-bond donors (Lipinski definition) is 1. The highest BCUT2D eigenvalue weighted by molar-refractivity contribution is 7.89. The van der Waals surface area contributed by atoms with Gasteiger partial charge in [-0.2, -0.15) is 0 Å². The van der Waals surface area contributed by atoms with E-state index in [1.165, 1.54) is 17.7 Å². The van der Waals surface area contributed by atoms with Gasteiger partial charge in [-0.05, 0) is 11.6 Å². The zero-order chi connectivity index (χ0) is 13.3. The molecular formula is C10H11FN4O2S. The van der Waals surface area contributed by atoms with Crippen LogP contribution in [0.1, 0.15) is 11.4 Å². The topological polar surface area (TPSA) is 90.9 Å². The Hall–Kier alpha value is -1.80. The van der Waals surface area contributed by atoms with Gasteiger partial charge in [0, 0.05) is 13.5 Å². The van der Waals surface area contributed by atoms with Gasteiger partial charge in [0.05, 0.1) is 0 Å². The average molecular weight is 270 g/mol. The summed E-state index contributed by atoms with van der Waals surface area (Å²) in [4.78, 5) is 0. The second-order valence-corrected chi connectivity index (χ2v) is 5.23. The van der Waals surface area contributed by atoms with Crippen molar-refractivity contribution in [3.63, 3.8) is 0 Å². The molecule has 0 amide bonds. The van der Waals surface area contributed by atoms with Gasteiger partial charge in [-0.3, -0.25) is 0 Å². The molecule has 2 aromatic rings. The maximum absolute atomic E-state index is 13.4. The number of sulfonamides is 1. The minimum Gasteiger partial charge on any atom is -0.304 e. The average Bonchev–Trinajstić information content (AvgIpc) is 2.63. The summed E-state index contributed by atoms with van der Waals surface area (Å²) >= 11 is 0. The van der Waals surface area contributed by atoms with Crippen LogP contribution in [-0.2, 0) is 23.5 Å². The van der Waals surface area contributed by atoms with Gasteiger partial charge in [0.25, 0.3) is 15.2 Å². The van der Waals surface area contributed by atoms with Gasteiger partial charge in [-0.1, -0.05) is 18.2 Å². The summed E-state index contributed by atoms with van der Waals surface area (Å²) in [5.41, 5.74) is 0.411. The monoisotopic (exact) mass is 270 g/mol. The summed E-state index contributed by atoms with van der Waals surface area (Å²) in [6, 6.07) is 6.19. The van der Waals surface area contributed by atoms with E-state index >= 15 is 0 Å². The maximum Gasteiger partial charge on any atom is 0.273 e. The molecule has 1 aromatic heterocycles. The smallest absolute Gasteiger partial charge is 0.273 e. The Morgan fingerprint density at radius 1 is 1.33 bits per heavy atom. The fraction of sp³-hybridized carbons (Fsp3) is 0.200. The van der Waals surface area contributed by atoms with E-state index in [9.17, 15) is 12.8 Å². The molecule has 6 nitrogen and oxygen atoms in total. The quantitative estimate of drug-likeness (QED) is 0.862. The molecule has 1 aromatic carbocycles. The molecule has 2 N–H and O–H groups in total. The van der Waals surface area contributed by atoms with Crippen LogP contribution in [0.15, 0.2) is 29.4 Å². The number of benzene rings is 1. The molecule has 96 valence electrons. The molecule has 18 heavy (non-hydrogen) atoms. The molecule has 0 saturated heterocycles. The van der Waals surface area contributed by atoms with E-state index in [1.54, 1.807) is 18.2 Å². The lowest BCUT2D eigenvalue weighted by molar-refractivity contribution is 0.577. The third-order valence-electron chi connectivity index (χ3n) is 2.49. The predicted octanol–water partition coefficient (Wildman–Crippen LogP) is 0.192. The largest absolute Gasteiger partial charge is 0.304 e. The van der Waals surface area contributed by atoms with E-state index in [1.807, 2.05) is 0 Å². The van der Waals surface area contributed by atoms with E-state index in [2.05, 4.69) is 10.2 Å². The first-order chi connectivity index (χ1) is 8.39. The van der Waals surface area contributed by atoms with Crippen molar-refractivity contribution >= 4 is 10.0 Å². The summed E-state index contributed by atoms with van der Waals surface area (Å²) in [6.07, 6.45) is 0.145. The Kier molecular flexibility index (Phi) is 3.14. The number of halogens is 1. The zero-order valence-corrected chi connectivity index (χ0v) is 10.4. The van der Waals surface area contributed by atoms with Gasteiger partial charge in [0.1, 0.15) is 11.6 Å². The van der Waals surface area contributed by atoms with Crippen LogP contribution in [0.25, 0.3) is 0 Å². The van der Waals surface area contributed by atoms with Crippen LogP contribution in [-0.4, -0.2) is 23.2 Å². The number of nitrogens with zero attached hydrogens (tertiary/aromatic N) is 3. The molecule has 0 aliphatic carbocycles. The van der Waals surface area contributed by atoms with Crippen LogP contribution in [0.4, 0.5) is 4.39 Å². The van der Waals surface area contributed by atoms with Gasteiger partial charge in [0.2, 0.25) is 0 Å². The van der Waals surface area contributed by atoms with Crippen molar-refractivity contribution < 1.29 is 12.8 Å². The summed E-state index contributed by atoms with van der Waals surface area (Å²) in [5.74, 6) is -0.0539. The van der Waals surface area contributed by atoms with Crippen molar-refractivity contribution in [1.82, 2.24) is 14.8 Å². The number of rotatable bonds is 3. The Balaban J connectivity index is 2.38. The number of nitrogens with two attached hydrogens (primary N) is 1. The molecule has 0 aliphatic heterocycles. The van der Waals surface area contributed by atoms with Gasteiger partial charge in [0.15, 0.2) is 0 Å². The molecule has 0 atom stereocenters. The summed E-state index contributed by atoms with van der Waals surface area (Å²) in [5, 5.41) is 11.8. The number of aromatic nitrogens is 3. The molecule has 0 saturated carbocycles. The first-order valence-corrected chi connectivity index (χ1v) is 6.58. The summed E-state index contributed by atoms with van der Waals surface area (Å²) in [7, 11) is -2.45. The van der Waals surface area contributed by atoms with Crippen LogP contribution < -0.4 is 5.14 Å². The summed E-state index contributed by atoms with van der Waals surface area (Å²) in [6.45, 7) is 0. The molecule has 0 bridgehead atoms. The second kappa shape index (κ2) is 4.46. The van der Waals surface area contributed by atoms with Crippen molar-refractivity contribution in [2.45, 2.75) is 11.6 Å². The van der Waals surface area contributed by atoms with E-state index in [4.69, 9.17) is 5.14 Å². The molecule has 0 fully saturated rings. The highest BCUT2D eigenvalue weighted by atomic mass is 32.2. The Morgan fingerprint density at radius 2 is 2.00 bits per heavy atom. The molecule has 0 unspecified atom stereocenters. The standard InChI is InChI=1S/C10H11FN4O2S/c1-15-9(13-14-10(15)18(12,16)17)6-7-4-2-3-5-8(7)11/h2-5H,6H2,1H3,(H2,12,16,17).